The molecule has 4 heteroatoms. The molecule has 0 bridgehead atoms. The first-order valence-electron chi connectivity index (χ1n) is 6.91. The van der Waals surface area contributed by atoms with Gasteiger partial charge < -0.3 is 20.5 Å². The molecule has 4 nitrogen and oxygen atoms in total. The standard InChI is InChI=1S/C15H24N2O2/c1-10(2)19-15-8-12(4-5-14(15)16)17(3)9-11-6-13(18)7-11/h4-5,8,10-11,13,18H,6-7,9,16H2,1-3H3. The largest absolute Gasteiger partial charge is 0.489 e. The highest BCUT2D eigenvalue weighted by molar-refractivity contribution is 5.62. The minimum Gasteiger partial charge on any atom is -0.489 e. The van der Waals surface area contributed by atoms with Gasteiger partial charge >= 0.3 is 0 Å². The van der Waals surface area contributed by atoms with Crippen LogP contribution in [-0.4, -0.2) is 30.9 Å². The van der Waals surface area contributed by atoms with E-state index in [4.69, 9.17) is 10.5 Å². The summed E-state index contributed by atoms with van der Waals surface area (Å²) in [6, 6.07) is 5.89. The number of nitrogen functional groups attached to an aromatic ring is 1. The summed E-state index contributed by atoms with van der Waals surface area (Å²) in [6.07, 6.45) is 1.85. The highest BCUT2D eigenvalue weighted by Crippen LogP contribution is 2.32. The first-order valence-corrected chi connectivity index (χ1v) is 6.91. The molecule has 0 aromatic heterocycles. The number of benzene rings is 1. The van der Waals surface area contributed by atoms with Gasteiger partial charge in [0.15, 0.2) is 0 Å². The van der Waals surface area contributed by atoms with Crippen molar-refractivity contribution in [3.8, 4) is 5.75 Å². The van der Waals surface area contributed by atoms with Crippen LogP contribution in [0, 0.1) is 5.92 Å². The predicted molar refractivity (Wildman–Crippen MR) is 78.6 cm³/mol. The topological polar surface area (TPSA) is 58.7 Å². The molecule has 0 amide bonds. The number of nitrogens with two attached hydrogens (primary N) is 1. The van der Waals surface area contributed by atoms with E-state index in [-0.39, 0.29) is 12.2 Å². The monoisotopic (exact) mass is 264 g/mol. The van der Waals surface area contributed by atoms with Crippen LogP contribution >= 0.6 is 0 Å². The fourth-order valence-electron chi connectivity index (χ4n) is 2.46. The predicted octanol–water partition coefficient (Wildman–Crippen LogP) is 2.26. The highest BCUT2D eigenvalue weighted by Gasteiger charge is 2.28. The Morgan fingerprint density at radius 1 is 1.42 bits per heavy atom. The van der Waals surface area contributed by atoms with E-state index in [0.29, 0.717) is 11.6 Å². The lowest BCUT2D eigenvalue weighted by molar-refractivity contribution is 0.0465. The van der Waals surface area contributed by atoms with Gasteiger partial charge in [-0.1, -0.05) is 0 Å². The van der Waals surface area contributed by atoms with E-state index in [0.717, 1.165) is 30.8 Å². The summed E-state index contributed by atoms with van der Waals surface area (Å²) < 4.78 is 5.71. The summed E-state index contributed by atoms with van der Waals surface area (Å²) in [5.74, 6) is 1.33. The molecule has 1 aromatic rings. The van der Waals surface area contributed by atoms with Gasteiger partial charge in [0, 0.05) is 25.3 Å². The van der Waals surface area contributed by atoms with Gasteiger partial charge in [0.25, 0.3) is 0 Å². The van der Waals surface area contributed by atoms with Crippen molar-refractivity contribution in [1.29, 1.82) is 0 Å². The van der Waals surface area contributed by atoms with Crippen molar-refractivity contribution in [2.45, 2.75) is 38.9 Å². The molecule has 1 aliphatic carbocycles. The van der Waals surface area contributed by atoms with Gasteiger partial charge in [-0.2, -0.15) is 0 Å². The van der Waals surface area contributed by atoms with Gasteiger partial charge in [-0.3, -0.25) is 0 Å². The molecular formula is C15H24N2O2. The van der Waals surface area contributed by atoms with E-state index in [1.54, 1.807) is 0 Å². The van der Waals surface area contributed by atoms with Crippen molar-refractivity contribution < 1.29 is 9.84 Å². The molecule has 0 atom stereocenters. The third kappa shape index (κ3) is 3.53. The van der Waals surface area contributed by atoms with Crippen LogP contribution < -0.4 is 15.4 Å². The number of rotatable bonds is 5. The summed E-state index contributed by atoms with van der Waals surface area (Å²) >= 11 is 0. The SMILES string of the molecule is CC(C)Oc1cc(N(C)CC2CC(O)C2)ccc1N. The van der Waals surface area contributed by atoms with E-state index in [1.165, 1.54) is 0 Å². The number of anilines is 2. The van der Waals surface area contributed by atoms with Crippen LogP contribution in [-0.2, 0) is 0 Å². The van der Waals surface area contributed by atoms with Crippen LogP contribution in [0.1, 0.15) is 26.7 Å². The molecule has 106 valence electrons. The Labute approximate surface area is 115 Å². The summed E-state index contributed by atoms with van der Waals surface area (Å²) in [4.78, 5) is 2.20. The van der Waals surface area contributed by atoms with Crippen molar-refractivity contribution in [2.75, 3.05) is 24.2 Å². The maximum absolute atomic E-state index is 9.33. The fraction of sp³-hybridized carbons (Fsp3) is 0.600. The van der Waals surface area contributed by atoms with E-state index < -0.39 is 0 Å². The van der Waals surface area contributed by atoms with Crippen molar-refractivity contribution in [1.82, 2.24) is 0 Å². The smallest absolute Gasteiger partial charge is 0.144 e. The summed E-state index contributed by atoms with van der Waals surface area (Å²) in [6.45, 7) is 4.94. The fourth-order valence-corrected chi connectivity index (χ4v) is 2.46. The van der Waals surface area contributed by atoms with Gasteiger partial charge in [-0.05, 0) is 44.7 Å². The zero-order valence-electron chi connectivity index (χ0n) is 12.0. The molecule has 1 aromatic carbocycles. The Balaban J connectivity index is 2.02. The number of hydrogen-bond acceptors (Lipinski definition) is 4. The molecule has 0 saturated heterocycles. The second-order valence-electron chi connectivity index (χ2n) is 5.76. The zero-order valence-corrected chi connectivity index (χ0v) is 12.0. The second-order valence-corrected chi connectivity index (χ2v) is 5.76. The van der Waals surface area contributed by atoms with Gasteiger partial charge in [0.05, 0.1) is 17.9 Å². The highest BCUT2D eigenvalue weighted by atomic mass is 16.5. The number of ether oxygens (including phenoxy) is 1. The van der Waals surface area contributed by atoms with Crippen molar-refractivity contribution in [3.05, 3.63) is 18.2 Å². The van der Waals surface area contributed by atoms with Crippen LogP contribution in [0.15, 0.2) is 18.2 Å². The summed E-state index contributed by atoms with van der Waals surface area (Å²) in [5.41, 5.74) is 7.69. The first-order chi connectivity index (χ1) is 8.95. The third-order valence-electron chi connectivity index (χ3n) is 3.54. The molecule has 0 heterocycles. The Bertz CT molecular complexity index is 428. The molecule has 1 aliphatic rings. The molecule has 19 heavy (non-hydrogen) atoms. The molecule has 0 radical (unpaired) electrons. The normalized spacial score (nSPS) is 22.2. The Morgan fingerprint density at radius 2 is 2.11 bits per heavy atom. The van der Waals surface area contributed by atoms with E-state index >= 15 is 0 Å². The van der Waals surface area contributed by atoms with Crippen molar-refractivity contribution >= 4 is 11.4 Å². The van der Waals surface area contributed by atoms with Gasteiger partial charge in [0.2, 0.25) is 0 Å². The maximum Gasteiger partial charge on any atom is 0.144 e. The minimum absolute atomic E-state index is 0.0929. The number of nitrogens with zero attached hydrogens (tertiary/aromatic N) is 1. The van der Waals surface area contributed by atoms with Crippen LogP contribution in [0.3, 0.4) is 0 Å². The maximum atomic E-state index is 9.33. The summed E-state index contributed by atoms with van der Waals surface area (Å²) in [5, 5.41) is 9.33. The Hall–Kier alpha value is -1.42. The van der Waals surface area contributed by atoms with Gasteiger partial charge in [-0.15, -0.1) is 0 Å². The molecule has 3 N–H and O–H groups in total. The Morgan fingerprint density at radius 3 is 2.68 bits per heavy atom. The second kappa shape index (κ2) is 5.70. The molecular weight excluding hydrogens is 240 g/mol. The number of hydrogen-bond donors (Lipinski definition) is 2. The van der Waals surface area contributed by atoms with Crippen molar-refractivity contribution in [3.63, 3.8) is 0 Å². The number of aliphatic hydroxyl groups is 1. The average molecular weight is 264 g/mol. The lowest BCUT2D eigenvalue weighted by atomic mass is 9.82. The lowest BCUT2D eigenvalue weighted by Crippen LogP contribution is -2.37. The first kappa shape index (κ1) is 14.0. The Kier molecular flexibility index (Phi) is 4.20. The van der Waals surface area contributed by atoms with E-state index in [2.05, 4.69) is 11.9 Å². The lowest BCUT2D eigenvalue weighted by Gasteiger charge is -2.35. The van der Waals surface area contributed by atoms with Crippen LogP contribution in [0.5, 0.6) is 5.75 Å². The van der Waals surface area contributed by atoms with Crippen LogP contribution in [0.2, 0.25) is 0 Å². The average Bonchev–Trinajstić information content (AvgIpc) is 2.29. The third-order valence-corrected chi connectivity index (χ3v) is 3.54. The van der Waals surface area contributed by atoms with E-state index in [9.17, 15) is 5.11 Å². The quantitative estimate of drug-likeness (QED) is 0.801. The molecule has 1 saturated carbocycles. The van der Waals surface area contributed by atoms with Crippen LogP contribution in [0.25, 0.3) is 0 Å². The zero-order chi connectivity index (χ0) is 14.0. The summed E-state index contributed by atoms with van der Waals surface area (Å²) in [7, 11) is 2.06. The molecule has 0 spiro atoms. The van der Waals surface area contributed by atoms with Crippen molar-refractivity contribution in [2.24, 2.45) is 5.92 Å². The molecule has 0 unspecified atom stereocenters. The molecule has 2 rings (SSSR count). The molecule has 1 fully saturated rings. The van der Waals surface area contributed by atoms with E-state index in [1.807, 2.05) is 32.0 Å². The van der Waals surface area contributed by atoms with Crippen LogP contribution in [0.4, 0.5) is 11.4 Å². The van der Waals surface area contributed by atoms with Gasteiger partial charge in [0.1, 0.15) is 5.75 Å². The molecule has 0 aliphatic heterocycles. The minimum atomic E-state index is -0.0929. The number of aliphatic hydroxyl groups excluding tert-OH is 1. The van der Waals surface area contributed by atoms with Gasteiger partial charge in [-0.25, -0.2) is 0 Å².